The van der Waals surface area contributed by atoms with Gasteiger partial charge in [-0.3, -0.25) is 0 Å². The van der Waals surface area contributed by atoms with Crippen LogP contribution < -0.4 is 10.2 Å². The van der Waals surface area contributed by atoms with Gasteiger partial charge in [-0.05, 0) is 31.8 Å². The van der Waals surface area contributed by atoms with Gasteiger partial charge in [0, 0.05) is 29.9 Å². The lowest BCUT2D eigenvalue weighted by atomic mass is 10.3. The quantitative estimate of drug-likeness (QED) is 0.881. The van der Waals surface area contributed by atoms with Crippen molar-refractivity contribution >= 4 is 27.8 Å². The van der Waals surface area contributed by atoms with E-state index in [1.165, 1.54) is 4.88 Å². The fourth-order valence-corrected chi connectivity index (χ4v) is 3.24. The Balaban J connectivity index is 1.92. The Labute approximate surface area is 116 Å². The first-order valence-electron chi connectivity index (χ1n) is 6.07. The summed E-state index contributed by atoms with van der Waals surface area (Å²) in [5.41, 5.74) is 1.13. The molecule has 2 aromatic heterocycles. The number of likely N-dealkylation sites (N-methyl/N-ethyl adjacent to an activating group) is 1. The van der Waals surface area contributed by atoms with Crippen molar-refractivity contribution in [1.29, 1.82) is 0 Å². The molecule has 5 heteroatoms. The highest BCUT2D eigenvalue weighted by Crippen LogP contribution is 2.23. The zero-order chi connectivity index (χ0) is 13.0. The smallest absolute Gasteiger partial charge is 0.185 e. The molecular formula is C13H19N3S2. The molecule has 3 nitrogen and oxygen atoms in total. The van der Waals surface area contributed by atoms with Gasteiger partial charge in [0.15, 0.2) is 5.13 Å². The Morgan fingerprint density at radius 3 is 2.94 bits per heavy atom. The van der Waals surface area contributed by atoms with Crippen LogP contribution >= 0.6 is 22.7 Å². The second-order valence-corrected chi connectivity index (χ2v) is 6.19. The normalized spacial score (nSPS) is 12.6. The largest absolute Gasteiger partial charge is 0.351 e. The first-order valence-corrected chi connectivity index (χ1v) is 7.83. The highest BCUT2D eigenvalue weighted by molar-refractivity contribution is 7.13. The van der Waals surface area contributed by atoms with E-state index in [1.807, 2.05) is 18.4 Å². The maximum absolute atomic E-state index is 4.67. The first kappa shape index (κ1) is 13.5. The molecule has 1 N–H and O–H groups in total. The van der Waals surface area contributed by atoms with Crippen LogP contribution in [0, 0.1) is 0 Å². The molecule has 0 saturated carbocycles. The Morgan fingerprint density at radius 1 is 1.44 bits per heavy atom. The average molecular weight is 281 g/mol. The summed E-state index contributed by atoms with van der Waals surface area (Å²) >= 11 is 3.54. The maximum Gasteiger partial charge on any atom is 0.185 e. The van der Waals surface area contributed by atoms with Gasteiger partial charge >= 0.3 is 0 Å². The van der Waals surface area contributed by atoms with E-state index >= 15 is 0 Å². The molecule has 0 bridgehead atoms. The standard InChI is InChI=1S/C13H19N3S2/c1-10(14-2)12-9-18-13(15-12)16(3)7-6-11-5-4-8-17-11/h4-5,8-10,14H,6-7H2,1-3H3. The fourth-order valence-electron chi connectivity index (χ4n) is 1.63. The predicted molar refractivity (Wildman–Crippen MR) is 80.9 cm³/mol. The second kappa shape index (κ2) is 6.31. The number of hydrogen-bond donors (Lipinski definition) is 1. The lowest BCUT2D eigenvalue weighted by molar-refractivity contribution is 0.636. The zero-order valence-electron chi connectivity index (χ0n) is 11.0. The molecule has 0 aliphatic heterocycles. The molecule has 0 amide bonds. The molecule has 0 fully saturated rings. The van der Waals surface area contributed by atoms with Crippen molar-refractivity contribution < 1.29 is 0 Å². The van der Waals surface area contributed by atoms with Crippen LogP contribution in [0.1, 0.15) is 23.5 Å². The number of rotatable bonds is 6. The van der Waals surface area contributed by atoms with Gasteiger partial charge in [0.2, 0.25) is 0 Å². The second-order valence-electron chi connectivity index (χ2n) is 4.32. The predicted octanol–water partition coefficient (Wildman–Crippen LogP) is 3.16. The van der Waals surface area contributed by atoms with Gasteiger partial charge in [0.05, 0.1) is 5.69 Å². The Kier molecular flexibility index (Phi) is 4.74. The minimum Gasteiger partial charge on any atom is -0.351 e. The molecule has 0 spiro atoms. The molecule has 2 heterocycles. The fraction of sp³-hybridized carbons (Fsp3) is 0.462. The van der Waals surface area contributed by atoms with Crippen LogP contribution in [0.15, 0.2) is 22.9 Å². The third-order valence-electron chi connectivity index (χ3n) is 2.99. The van der Waals surface area contributed by atoms with E-state index < -0.39 is 0 Å². The number of nitrogens with zero attached hydrogens (tertiary/aromatic N) is 2. The van der Waals surface area contributed by atoms with Gasteiger partial charge < -0.3 is 10.2 Å². The van der Waals surface area contributed by atoms with Crippen LogP contribution in [0.2, 0.25) is 0 Å². The van der Waals surface area contributed by atoms with Crippen molar-refractivity contribution in [3.05, 3.63) is 33.5 Å². The topological polar surface area (TPSA) is 28.2 Å². The maximum atomic E-state index is 4.67. The molecular weight excluding hydrogens is 262 g/mol. The van der Waals surface area contributed by atoms with E-state index in [2.05, 4.69) is 52.1 Å². The molecule has 0 radical (unpaired) electrons. The molecule has 2 aromatic rings. The monoisotopic (exact) mass is 281 g/mol. The van der Waals surface area contributed by atoms with Crippen molar-refractivity contribution in [3.63, 3.8) is 0 Å². The molecule has 0 aliphatic rings. The van der Waals surface area contributed by atoms with Gasteiger partial charge in [0.1, 0.15) is 0 Å². The van der Waals surface area contributed by atoms with Crippen molar-refractivity contribution in [3.8, 4) is 0 Å². The molecule has 2 rings (SSSR count). The van der Waals surface area contributed by atoms with Gasteiger partial charge in [-0.1, -0.05) is 6.07 Å². The molecule has 0 aromatic carbocycles. The molecule has 0 saturated heterocycles. The summed E-state index contributed by atoms with van der Waals surface area (Å²) in [5.74, 6) is 0. The summed E-state index contributed by atoms with van der Waals surface area (Å²) in [7, 11) is 4.07. The Bertz CT molecular complexity index is 464. The molecule has 98 valence electrons. The average Bonchev–Trinajstić information content (AvgIpc) is 3.05. The highest BCUT2D eigenvalue weighted by atomic mass is 32.1. The van der Waals surface area contributed by atoms with Crippen molar-refractivity contribution in [2.75, 3.05) is 25.5 Å². The van der Waals surface area contributed by atoms with Crippen LogP contribution in [0.4, 0.5) is 5.13 Å². The highest BCUT2D eigenvalue weighted by Gasteiger charge is 2.10. The summed E-state index contributed by atoms with van der Waals surface area (Å²) in [6.45, 7) is 3.14. The van der Waals surface area contributed by atoms with Crippen molar-refractivity contribution in [2.24, 2.45) is 0 Å². The van der Waals surface area contributed by atoms with E-state index in [4.69, 9.17) is 0 Å². The van der Waals surface area contributed by atoms with E-state index in [0.717, 1.165) is 23.8 Å². The lowest BCUT2D eigenvalue weighted by Gasteiger charge is -2.15. The first-order chi connectivity index (χ1) is 8.70. The van der Waals surface area contributed by atoms with Gasteiger partial charge in [-0.25, -0.2) is 4.98 Å². The van der Waals surface area contributed by atoms with E-state index in [-0.39, 0.29) is 0 Å². The minimum absolute atomic E-state index is 0.320. The molecule has 18 heavy (non-hydrogen) atoms. The van der Waals surface area contributed by atoms with Gasteiger partial charge in [0.25, 0.3) is 0 Å². The SMILES string of the molecule is CNC(C)c1csc(N(C)CCc2cccs2)n1. The third-order valence-corrected chi connectivity index (χ3v) is 4.90. The summed E-state index contributed by atoms with van der Waals surface area (Å²) < 4.78 is 0. The minimum atomic E-state index is 0.320. The van der Waals surface area contributed by atoms with Crippen LogP contribution in [0.3, 0.4) is 0 Å². The summed E-state index contributed by atoms with van der Waals surface area (Å²) in [4.78, 5) is 8.33. The number of aromatic nitrogens is 1. The number of anilines is 1. The summed E-state index contributed by atoms with van der Waals surface area (Å²) in [6, 6.07) is 4.62. The van der Waals surface area contributed by atoms with Gasteiger partial charge in [-0.2, -0.15) is 0 Å². The van der Waals surface area contributed by atoms with Crippen LogP contribution in [-0.2, 0) is 6.42 Å². The lowest BCUT2D eigenvalue weighted by Crippen LogP contribution is -2.20. The number of thiazole rings is 1. The van der Waals surface area contributed by atoms with Crippen molar-refractivity contribution in [2.45, 2.75) is 19.4 Å². The Morgan fingerprint density at radius 2 is 2.28 bits per heavy atom. The summed E-state index contributed by atoms with van der Waals surface area (Å²) in [6.07, 6.45) is 1.09. The molecule has 1 unspecified atom stereocenters. The van der Waals surface area contributed by atoms with Crippen molar-refractivity contribution in [1.82, 2.24) is 10.3 Å². The Hall–Kier alpha value is -0.910. The third kappa shape index (κ3) is 3.31. The van der Waals surface area contributed by atoms with Crippen LogP contribution in [0.5, 0.6) is 0 Å². The molecule has 0 aliphatic carbocycles. The number of hydrogen-bond acceptors (Lipinski definition) is 5. The van der Waals surface area contributed by atoms with Crippen LogP contribution in [-0.4, -0.2) is 25.6 Å². The zero-order valence-corrected chi connectivity index (χ0v) is 12.6. The van der Waals surface area contributed by atoms with E-state index in [0.29, 0.717) is 6.04 Å². The molecule has 1 atom stereocenters. The summed E-state index contributed by atoms with van der Waals surface area (Å²) in [5, 5.41) is 8.58. The van der Waals surface area contributed by atoms with Gasteiger partial charge in [-0.15, -0.1) is 22.7 Å². The van der Waals surface area contributed by atoms with Crippen LogP contribution in [0.25, 0.3) is 0 Å². The van der Waals surface area contributed by atoms with E-state index in [1.54, 1.807) is 11.3 Å². The number of thiophene rings is 1. The van der Waals surface area contributed by atoms with E-state index in [9.17, 15) is 0 Å². The number of nitrogens with one attached hydrogen (secondary N) is 1.